The smallest absolute Gasteiger partial charge is 0.270 e. The van der Waals surface area contributed by atoms with Crippen LogP contribution in [0.25, 0.3) is 0 Å². The van der Waals surface area contributed by atoms with E-state index in [1.165, 1.54) is 25.7 Å². The van der Waals surface area contributed by atoms with Crippen LogP contribution in [-0.4, -0.2) is 52.3 Å². The quantitative estimate of drug-likeness (QED) is 0.587. The van der Waals surface area contributed by atoms with Crippen LogP contribution in [0.4, 0.5) is 0 Å². The molecule has 0 aromatic rings. The Hall–Kier alpha value is 0.110. The van der Waals surface area contributed by atoms with Gasteiger partial charge in [0.15, 0.2) is 0 Å². The van der Waals surface area contributed by atoms with Crippen molar-refractivity contribution in [2.75, 3.05) is 26.2 Å². The molecule has 4 atom stereocenters. The molecule has 4 saturated heterocycles. The highest BCUT2D eigenvalue weighted by atomic mass is 31.2. The molecule has 0 radical (unpaired) electrons. The molecular formula is C14H26N3OP. The zero-order chi connectivity index (χ0) is 13.2. The maximum Gasteiger partial charge on any atom is 0.287 e. The minimum absolute atomic E-state index is 0.527. The Bertz CT molecular complexity index is 387. The maximum atomic E-state index is 13.8. The molecule has 5 aliphatic rings. The molecule has 0 amide bonds. The van der Waals surface area contributed by atoms with E-state index in [9.17, 15) is 4.57 Å². The SMILES string of the molecule is C[C@H]1CN1P(=O)(N1CC2CCC(CC2)C1)N1C[C@@H]1C. The predicted octanol–water partition coefficient (Wildman–Crippen LogP) is 2.62. The van der Waals surface area contributed by atoms with Gasteiger partial charge in [0.05, 0.1) is 0 Å². The van der Waals surface area contributed by atoms with Gasteiger partial charge in [-0.3, -0.25) is 4.57 Å². The van der Waals surface area contributed by atoms with E-state index in [2.05, 4.69) is 27.9 Å². The molecule has 0 aromatic heterocycles. The van der Waals surface area contributed by atoms with E-state index in [0.717, 1.165) is 38.0 Å². The van der Waals surface area contributed by atoms with Crippen molar-refractivity contribution >= 4 is 7.59 Å². The van der Waals surface area contributed by atoms with Gasteiger partial charge >= 0.3 is 0 Å². The number of nitrogens with zero attached hydrogens (tertiary/aromatic N) is 3. The highest BCUT2D eigenvalue weighted by molar-refractivity contribution is 7.57. The number of hydrogen-bond donors (Lipinski definition) is 0. The third-order valence-electron chi connectivity index (χ3n) is 5.59. The van der Waals surface area contributed by atoms with Crippen LogP contribution in [0.2, 0.25) is 0 Å². The van der Waals surface area contributed by atoms with Gasteiger partial charge in [0.2, 0.25) is 0 Å². The molecule has 2 bridgehead atoms. The number of hydrogen-bond acceptors (Lipinski definition) is 1. The first-order chi connectivity index (χ1) is 9.09. The summed E-state index contributed by atoms with van der Waals surface area (Å²) < 4.78 is 20.7. The fourth-order valence-electron chi connectivity index (χ4n) is 4.13. The van der Waals surface area contributed by atoms with Crippen molar-refractivity contribution in [3.8, 4) is 0 Å². The molecule has 1 aliphatic carbocycles. The first-order valence-corrected chi connectivity index (χ1v) is 9.55. The molecule has 0 aromatic carbocycles. The average molecular weight is 283 g/mol. The second kappa shape index (κ2) is 4.30. The Morgan fingerprint density at radius 1 is 0.789 bits per heavy atom. The van der Waals surface area contributed by atoms with Crippen molar-refractivity contribution in [1.29, 1.82) is 0 Å². The molecule has 0 spiro atoms. The van der Waals surface area contributed by atoms with Gasteiger partial charge in [-0.15, -0.1) is 0 Å². The molecule has 4 heterocycles. The van der Waals surface area contributed by atoms with Gasteiger partial charge in [0, 0.05) is 38.3 Å². The lowest BCUT2D eigenvalue weighted by Gasteiger charge is -2.34. The topological polar surface area (TPSA) is 26.3 Å². The summed E-state index contributed by atoms with van der Waals surface area (Å²) in [5.74, 6) is 1.61. The minimum Gasteiger partial charge on any atom is -0.270 e. The third-order valence-corrected chi connectivity index (χ3v) is 9.11. The summed E-state index contributed by atoms with van der Waals surface area (Å²) in [4.78, 5) is 0. The molecule has 4 aliphatic heterocycles. The first-order valence-electron chi connectivity index (χ1n) is 7.98. The lowest BCUT2D eigenvalue weighted by Crippen LogP contribution is -2.32. The summed E-state index contributed by atoms with van der Waals surface area (Å²) in [6.07, 6.45) is 5.47. The minimum atomic E-state index is -2.39. The van der Waals surface area contributed by atoms with Crippen LogP contribution in [0, 0.1) is 11.8 Å². The van der Waals surface area contributed by atoms with Crippen molar-refractivity contribution in [1.82, 2.24) is 14.0 Å². The summed E-state index contributed by atoms with van der Waals surface area (Å²) in [5.41, 5.74) is 0. The van der Waals surface area contributed by atoms with Crippen molar-refractivity contribution in [3.63, 3.8) is 0 Å². The summed E-state index contributed by atoms with van der Waals surface area (Å²) >= 11 is 0. The molecular weight excluding hydrogens is 257 g/mol. The van der Waals surface area contributed by atoms with Gasteiger partial charge in [0.25, 0.3) is 7.59 Å². The zero-order valence-electron chi connectivity index (χ0n) is 12.2. The Morgan fingerprint density at radius 3 is 1.47 bits per heavy atom. The second-order valence-electron chi connectivity index (χ2n) is 7.21. The molecule has 5 fully saturated rings. The fourth-order valence-corrected chi connectivity index (χ4v) is 7.88. The van der Waals surface area contributed by atoms with Crippen molar-refractivity contribution in [3.05, 3.63) is 0 Å². The second-order valence-corrected chi connectivity index (χ2v) is 9.83. The van der Waals surface area contributed by atoms with Crippen LogP contribution in [0.1, 0.15) is 39.5 Å². The lowest BCUT2D eigenvalue weighted by molar-refractivity contribution is 0.326. The highest BCUT2D eigenvalue weighted by Crippen LogP contribution is 2.67. The van der Waals surface area contributed by atoms with Gasteiger partial charge in [-0.05, 0) is 51.4 Å². The first kappa shape index (κ1) is 12.8. The van der Waals surface area contributed by atoms with E-state index in [-0.39, 0.29) is 0 Å². The van der Waals surface area contributed by atoms with Crippen LogP contribution < -0.4 is 0 Å². The van der Waals surface area contributed by atoms with Gasteiger partial charge < -0.3 is 0 Å². The Labute approximate surface area is 116 Å². The van der Waals surface area contributed by atoms with E-state index >= 15 is 0 Å². The van der Waals surface area contributed by atoms with E-state index in [0.29, 0.717) is 12.1 Å². The fraction of sp³-hybridized carbons (Fsp3) is 1.00. The standard InChI is InChI=1S/C14H26N3OP/c1-11-7-16(11)19(18,17-8-12(17)2)15-9-13-3-4-14(10-15)6-5-13/h11-14H,3-10H2,1-2H3/t11-,12-,13?,14?,16?,17?,19?/m0/s1. The molecule has 2 unspecified atom stereocenters. The molecule has 5 heteroatoms. The van der Waals surface area contributed by atoms with E-state index < -0.39 is 7.59 Å². The van der Waals surface area contributed by atoms with Crippen molar-refractivity contribution in [2.24, 2.45) is 11.8 Å². The normalized spacial score (nSPS) is 52.5. The van der Waals surface area contributed by atoms with E-state index in [1.54, 1.807) is 0 Å². The molecule has 19 heavy (non-hydrogen) atoms. The maximum absolute atomic E-state index is 13.8. The van der Waals surface area contributed by atoms with Gasteiger partial charge in [0.1, 0.15) is 0 Å². The molecule has 5 rings (SSSR count). The van der Waals surface area contributed by atoms with Gasteiger partial charge in [-0.25, -0.2) is 14.0 Å². The molecule has 0 N–H and O–H groups in total. The Morgan fingerprint density at radius 2 is 1.16 bits per heavy atom. The molecule has 108 valence electrons. The zero-order valence-corrected chi connectivity index (χ0v) is 13.1. The van der Waals surface area contributed by atoms with Crippen molar-refractivity contribution < 1.29 is 4.57 Å². The van der Waals surface area contributed by atoms with Crippen molar-refractivity contribution in [2.45, 2.75) is 51.6 Å². The van der Waals surface area contributed by atoms with Gasteiger partial charge in [-0.1, -0.05) is 0 Å². The summed E-state index contributed by atoms with van der Waals surface area (Å²) in [6, 6.07) is 1.05. The Balaban J connectivity index is 1.62. The third kappa shape index (κ3) is 2.03. The number of rotatable bonds is 3. The van der Waals surface area contributed by atoms with Crippen LogP contribution >= 0.6 is 7.59 Å². The summed E-state index contributed by atoms with van der Waals surface area (Å²) in [5, 5.41) is 0. The summed E-state index contributed by atoms with van der Waals surface area (Å²) in [7, 11) is -2.39. The van der Waals surface area contributed by atoms with Crippen LogP contribution in [0.15, 0.2) is 0 Å². The lowest BCUT2D eigenvalue weighted by atomic mass is 9.84. The van der Waals surface area contributed by atoms with Crippen LogP contribution in [0.3, 0.4) is 0 Å². The monoisotopic (exact) mass is 283 g/mol. The highest BCUT2D eigenvalue weighted by Gasteiger charge is 2.58. The van der Waals surface area contributed by atoms with E-state index in [1.807, 2.05) is 0 Å². The van der Waals surface area contributed by atoms with E-state index in [4.69, 9.17) is 0 Å². The Kier molecular flexibility index (Phi) is 2.90. The molecule has 4 nitrogen and oxygen atoms in total. The average Bonchev–Trinajstić information content (AvgIpc) is 3.25. The largest absolute Gasteiger partial charge is 0.287 e. The predicted molar refractivity (Wildman–Crippen MR) is 77.0 cm³/mol. The molecule has 1 saturated carbocycles. The number of fused-ring (bicyclic) bond motifs is 4. The van der Waals surface area contributed by atoms with Crippen LogP contribution in [-0.2, 0) is 4.57 Å². The van der Waals surface area contributed by atoms with Gasteiger partial charge in [-0.2, -0.15) is 0 Å². The summed E-state index contributed by atoms with van der Waals surface area (Å²) in [6.45, 7) is 8.67. The van der Waals surface area contributed by atoms with Crippen LogP contribution in [0.5, 0.6) is 0 Å².